The van der Waals surface area contributed by atoms with E-state index < -0.39 is 5.97 Å². The molecule has 0 amide bonds. The number of carboxylic acids is 1. The number of benzene rings is 2. The van der Waals surface area contributed by atoms with E-state index in [-0.39, 0.29) is 11.4 Å². The summed E-state index contributed by atoms with van der Waals surface area (Å²) in [5.41, 5.74) is 2.40. The maximum absolute atomic E-state index is 13.1. The third kappa shape index (κ3) is 5.76. The van der Waals surface area contributed by atoms with Gasteiger partial charge in [0, 0.05) is 26.2 Å². The van der Waals surface area contributed by atoms with Crippen LogP contribution in [0.25, 0.3) is 0 Å². The molecule has 128 valence electrons. The van der Waals surface area contributed by atoms with Crippen LogP contribution in [0.15, 0.2) is 48.5 Å². The van der Waals surface area contributed by atoms with Crippen molar-refractivity contribution in [2.75, 3.05) is 27.2 Å². The molecule has 5 heteroatoms. The molecule has 2 aromatic rings. The standard InChI is InChI=1S/C19H23FN2O2/c1-21(2)11-12-22(14-16-5-9-18(20)10-6-16)13-15-3-7-17(8-4-15)19(23)24/h3-10H,11-14H2,1-2H3,(H,23,24). The molecule has 0 heterocycles. The topological polar surface area (TPSA) is 43.8 Å². The Balaban J connectivity index is 2.06. The Kier molecular flexibility index (Phi) is 6.46. The molecule has 0 aromatic heterocycles. The lowest BCUT2D eigenvalue weighted by molar-refractivity contribution is 0.0697. The average molecular weight is 330 g/mol. The molecule has 0 spiro atoms. The highest BCUT2D eigenvalue weighted by atomic mass is 19.1. The second-order valence-corrected chi connectivity index (χ2v) is 6.14. The number of carbonyl (C=O) groups is 1. The van der Waals surface area contributed by atoms with E-state index in [1.165, 1.54) is 12.1 Å². The fraction of sp³-hybridized carbons (Fsp3) is 0.316. The van der Waals surface area contributed by atoms with E-state index >= 15 is 0 Å². The Hall–Kier alpha value is -2.24. The molecule has 0 fully saturated rings. The fourth-order valence-corrected chi connectivity index (χ4v) is 2.41. The third-order valence-corrected chi connectivity index (χ3v) is 3.79. The summed E-state index contributed by atoms with van der Waals surface area (Å²) >= 11 is 0. The lowest BCUT2D eigenvalue weighted by Crippen LogP contribution is -2.31. The van der Waals surface area contributed by atoms with Gasteiger partial charge in [0.25, 0.3) is 0 Å². The molecule has 0 saturated heterocycles. The van der Waals surface area contributed by atoms with Crippen LogP contribution in [-0.2, 0) is 13.1 Å². The number of likely N-dealkylation sites (N-methyl/N-ethyl adjacent to an activating group) is 1. The minimum atomic E-state index is -0.919. The lowest BCUT2D eigenvalue weighted by atomic mass is 10.1. The molecule has 2 aromatic carbocycles. The number of nitrogens with zero attached hydrogens (tertiary/aromatic N) is 2. The van der Waals surface area contributed by atoms with Crippen molar-refractivity contribution in [2.45, 2.75) is 13.1 Å². The van der Waals surface area contributed by atoms with Crippen LogP contribution in [0, 0.1) is 5.82 Å². The first-order valence-corrected chi connectivity index (χ1v) is 7.88. The second kappa shape index (κ2) is 8.57. The van der Waals surface area contributed by atoms with Crippen molar-refractivity contribution in [1.82, 2.24) is 9.80 Å². The molecule has 2 rings (SSSR count). The first kappa shape index (κ1) is 18.1. The van der Waals surface area contributed by atoms with E-state index in [0.29, 0.717) is 6.54 Å². The van der Waals surface area contributed by atoms with Gasteiger partial charge in [-0.05, 0) is 49.5 Å². The second-order valence-electron chi connectivity index (χ2n) is 6.14. The van der Waals surface area contributed by atoms with Gasteiger partial charge in [0.15, 0.2) is 0 Å². The fourth-order valence-electron chi connectivity index (χ4n) is 2.41. The minimum absolute atomic E-state index is 0.233. The van der Waals surface area contributed by atoms with Gasteiger partial charge in [0.1, 0.15) is 5.82 Å². The Bertz CT molecular complexity index is 654. The molecule has 0 saturated carbocycles. The van der Waals surface area contributed by atoms with Gasteiger partial charge in [-0.15, -0.1) is 0 Å². The van der Waals surface area contributed by atoms with E-state index in [1.807, 2.05) is 26.2 Å². The maximum atomic E-state index is 13.1. The number of halogens is 1. The minimum Gasteiger partial charge on any atom is -0.478 e. The van der Waals surface area contributed by atoms with Crippen molar-refractivity contribution in [3.05, 3.63) is 71.0 Å². The van der Waals surface area contributed by atoms with Gasteiger partial charge in [-0.3, -0.25) is 4.90 Å². The van der Waals surface area contributed by atoms with Crippen LogP contribution in [0.5, 0.6) is 0 Å². The van der Waals surface area contributed by atoms with Gasteiger partial charge in [0.2, 0.25) is 0 Å². The summed E-state index contributed by atoms with van der Waals surface area (Å²) in [6, 6.07) is 13.5. The largest absolute Gasteiger partial charge is 0.478 e. The molecule has 0 atom stereocenters. The zero-order chi connectivity index (χ0) is 17.5. The lowest BCUT2D eigenvalue weighted by Gasteiger charge is -2.24. The highest BCUT2D eigenvalue weighted by Gasteiger charge is 2.09. The number of hydrogen-bond donors (Lipinski definition) is 1. The molecular weight excluding hydrogens is 307 g/mol. The summed E-state index contributed by atoms with van der Waals surface area (Å²) in [5, 5.41) is 8.97. The smallest absolute Gasteiger partial charge is 0.335 e. The molecule has 0 radical (unpaired) electrons. The number of carboxylic acid groups (broad SMARTS) is 1. The molecule has 0 unspecified atom stereocenters. The van der Waals surface area contributed by atoms with E-state index in [1.54, 1.807) is 24.3 Å². The van der Waals surface area contributed by atoms with Gasteiger partial charge in [-0.25, -0.2) is 9.18 Å². The molecule has 0 bridgehead atoms. The van der Waals surface area contributed by atoms with Crippen molar-refractivity contribution < 1.29 is 14.3 Å². The Morgan fingerprint density at radius 2 is 1.42 bits per heavy atom. The van der Waals surface area contributed by atoms with Gasteiger partial charge in [0.05, 0.1) is 5.56 Å². The van der Waals surface area contributed by atoms with Gasteiger partial charge in [-0.2, -0.15) is 0 Å². The highest BCUT2D eigenvalue weighted by Crippen LogP contribution is 2.12. The molecule has 0 aliphatic heterocycles. The monoisotopic (exact) mass is 330 g/mol. The normalized spacial score (nSPS) is 11.2. The van der Waals surface area contributed by atoms with Gasteiger partial charge in [-0.1, -0.05) is 24.3 Å². The van der Waals surface area contributed by atoms with Crippen molar-refractivity contribution in [3.8, 4) is 0 Å². The summed E-state index contributed by atoms with van der Waals surface area (Å²) < 4.78 is 13.1. The van der Waals surface area contributed by atoms with E-state index in [4.69, 9.17) is 5.11 Å². The quantitative estimate of drug-likeness (QED) is 0.808. The van der Waals surface area contributed by atoms with Crippen LogP contribution in [-0.4, -0.2) is 48.1 Å². The molecule has 0 aliphatic carbocycles. The van der Waals surface area contributed by atoms with Crippen molar-refractivity contribution >= 4 is 5.97 Å². The van der Waals surface area contributed by atoms with E-state index in [9.17, 15) is 9.18 Å². The Labute approximate surface area is 142 Å². The van der Waals surface area contributed by atoms with Crippen LogP contribution in [0.2, 0.25) is 0 Å². The van der Waals surface area contributed by atoms with Crippen LogP contribution in [0.4, 0.5) is 4.39 Å². The third-order valence-electron chi connectivity index (χ3n) is 3.79. The zero-order valence-corrected chi connectivity index (χ0v) is 14.1. The Morgan fingerprint density at radius 1 is 0.917 bits per heavy atom. The van der Waals surface area contributed by atoms with Crippen LogP contribution >= 0.6 is 0 Å². The molecule has 0 aliphatic rings. The number of rotatable bonds is 8. The first-order valence-electron chi connectivity index (χ1n) is 7.88. The molecule has 24 heavy (non-hydrogen) atoms. The highest BCUT2D eigenvalue weighted by molar-refractivity contribution is 5.87. The van der Waals surface area contributed by atoms with Gasteiger partial charge < -0.3 is 10.0 Å². The van der Waals surface area contributed by atoms with Gasteiger partial charge >= 0.3 is 5.97 Å². The summed E-state index contributed by atoms with van der Waals surface area (Å²) in [7, 11) is 4.05. The summed E-state index contributed by atoms with van der Waals surface area (Å²) in [6.45, 7) is 3.21. The van der Waals surface area contributed by atoms with Crippen molar-refractivity contribution in [1.29, 1.82) is 0 Å². The predicted molar refractivity (Wildman–Crippen MR) is 92.5 cm³/mol. The van der Waals surface area contributed by atoms with E-state index in [0.717, 1.165) is 30.8 Å². The van der Waals surface area contributed by atoms with Crippen LogP contribution < -0.4 is 0 Å². The van der Waals surface area contributed by atoms with E-state index in [2.05, 4.69) is 9.80 Å². The number of hydrogen-bond acceptors (Lipinski definition) is 3. The summed E-state index contributed by atoms with van der Waals surface area (Å²) in [6.07, 6.45) is 0. The van der Waals surface area contributed by atoms with Crippen LogP contribution in [0.1, 0.15) is 21.5 Å². The molecular formula is C19H23FN2O2. The summed E-state index contributed by atoms with van der Waals surface area (Å²) in [5.74, 6) is -1.15. The number of aromatic carboxylic acids is 1. The predicted octanol–water partition coefficient (Wildman–Crippen LogP) is 3.09. The average Bonchev–Trinajstić information content (AvgIpc) is 2.55. The summed E-state index contributed by atoms with van der Waals surface area (Å²) in [4.78, 5) is 15.3. The SMILES string of the molecule is CN(C)CCN(Cc1ccc(F)cc1)Cc1ccc(C(=O)O)cc1. The first-order chi connectivity index (χ1) is 11.4. The zero-order valence-electron chi connectivity index (χ0n) is 14.1. The molecule has 1 N–H and O–H groups in total. The van der Waals surface area contributed by atoms with Crippen LogP contribution in [0.3, 0.4) is 0 Å². The van der Waals surface area contributed by atoms with Crippen molar-refractivity contribution in [3.63, 3.8) is 0 Å². The van der Waals surface area contributed by atoms with Crippen molar-refractivity contribution in [2.24, 2.45) is 0 Å². The molecule has 4 nitrogen and oxygen atoms in total. The maximum Gasteiger partial charge on any atom is 0.335 e. The Morgan fingerprint density at radius 3 is 1.88 bits per heavy atom.